The van der Waals surface area contributed by atoms with Gasteiger partial charge in [0.1, 0.15) is 0 Å². The van der Waals surface area contributed by atoms with Gasteiger partial charge in [0.15, 0.2) is 0 Å². The van der Waals surface area contributed by atoms with Gasteiger partial charge in [0, 0.05) is 6.92 Å². The maximum Gasteiger partial charge on any atom is 0.217 e. The lowest BCUT2D eigenvalue weighted by Crippen LogP contribution is -2.35. The Morgan fingerprint density at radius 2 is 1.17 bits per heavy atom. The van der Waals surface area contributed by atoms with Crippen LogP contribution in [-0.4, -0.2) is 23.7 Å². The van der Waals surface area contributed by atoms with Crippen LogP contribution in [0.2, 0.25) is 0 Å². The smallest absolute Gasteiger partial charge is 0.217 e. The van der Waals surface area contributed by atoms with Gasteiger partial charge in [-0.25, -0.2) is 0 Å². The molecule has 1 amide bonds. The van der Waals surface area contributed by atoms with Crippen LogP contribution in [0.3, 0.4) is 0 Å². The van der Waals surface area contributed by atoms with E-state index in [0.717, 1.165) is 12.8 Å². The van der Waals surface area contributed by atoms with Gasteiger partial charge in [-0.1, -0.05) is 96.8 Å². The van der Waals surface area contributed by atoms with E-state index >= 15 is 0 Å². The van der Waals surface area contributed by atoms with Gasteiger partial charge >= 0.3 is 0 Å². The first-order valence-corrected chi connectivity index (χ1v) is 10.1. The van der Waals surface area contributed by atoms with Crippen molar-refractivity contribution in [2.75, 3.05) is 6.61 Å². The van der Waals surface area contributed by atoms with Crippen molar-refractivity contribution >= 4 is 5.91 Å². The number of hydrogen-bond acceptors (Lipinski definition) is 2. The third-order valence-electron chi connectivity index (χ3n) is 4.53. The van der Waals surface area contributed by atoms with Crippen LogP contribution >= 0.6 is 0 Å². The van der Waals surface area contributed by atoms with Crippen LogP contribution in [0.1, 0.15) is 110 Å². The average Bonchev–Trinajstić information content (AvgIpc) is 2.53. The number of hydrogen-bond donors (Lipinski definition) is 2. The SMILES string of the molecule is CCCCCCCCCCCCCCCC[C@H](CO)NC(C)=O. The Morgan fingerprint density at radius 3 is 1.52 bits per heavy atom. The van der Waals surface area contributed by atoms with Crippen LogP contribution in [-0.2, 0) is 4.79 Å². The molecule has 138 valence electrons. The third-order valence-corrected chi connectivity index (χ3v) is 4.53. The van der Waals surface area contributed by atoms with E-state index in [1.165, 1.54) is 90.4 Å². The number of amides is 1. The first-order valence-electron chi connectivity index (χ1n) is 10.1. The maximum absolute atomic E-state index is 10.9. The zero-order chi connectivity index (χ0) is 17.2. The Hall–Kier alpha value is -0.570. The van der Waals surface area contributed by atoms with Crippen LogP contribution in [0.4, 0.5) is 0 Å². The summed E-state index contributed by atoms with van der Waals surface area (Å²) in [6.45, 7) is 3.83. The summed E-state index contributed by atoms with van der Waals surface area (Å²) in [4.78, 5) is 10.9. The fraction of sp³-hybridized carbons (Fsp3) is 0.950. The van der Waals surface area contributed by atoms with E-state index in [1.54, 1.807) is 0 Å². The highest BCUT2D eigenvalue weighted by atomic mass is 16.3. The standard InChI is InChI=1S/C20H41NO2/c1-3-4-5-6-7-8-9-10-11-12-13-14-15-16-17-20(18-22)21-19(2)23/h20,22H,3-18H2,1-2H3,(H,21,23)/t20-/m1/s1. The van der Waals surface area contributed by atoms with E-state index in [9.17, 15) is 4.79 Å². The number of aliphatic hydroxyl groups excluding tert-OH is 1. The summed E-state index contributed by atoms with van der Waals surface area (Å²) in [5.41, 5.74) is 0. The van der Waals surface area contributed by atoms with E-state index in [1.807, 2.05) is 0 Å². The van der Waals surface area contributed by atoms with Crippen molar-refractivity contribution < 1.29 is 9.90 Å². The molecule has 1 atom stereocenters. The second-order valence-electron chi connectivity index (χ2n) is 6.96. The molecule has 0 fully saturated rings. The Bertz CT molecular complexity index is 256. The largest absolute Gasteiger partial charge is 0.394 e. The summed E-state index contributed by atoms with van der Waals surface area (Å²) < 4.78 is 0. The zero-order valence-corrected chi connectivity index (χ0v) is 15.7. The van der Waals surface area contributed by atoms with Crippen molar-refractivity contribution in [1.29, 1.82) is 0 Å². The predicted molar refractivity (Wildman–Crippen MR) is 99.6 cm³/mol. The minimum Gasteiger partial charge on any atom is -0.394 e. The molecule has 0 unspecified atom stereocenters. The Balaban J connectivity index is 3.17. The van der Waals surface area contributed by atoms with Gasteiger partial charge in [0.05, 0.1) is 12.6 Å². The minimum atomic E-state index is -0.0511. The zero-order valence-electron chi connectivity index (χ0n) is 15.7. The van der Waals surface area contributed by atoms with Crippen LogP contribution in [0.5, 0.6) is 0 Å². The van der Waals surface area contributed by atoms with E-state index in [4.69, 9.17) is 5.11 Å². The highest BCUT2D eigenvalue weighted by Crippen LogP contribution is 2.13. The number of nitrogens with one attached hydrogen (secondary N) is 1. The summed E-state index contributed by atoms with van der Waals surface area (Å²) in [5, 5.41) is 12.0. The van der Waals surface area contributed by atoms with Crippen LogP contribution in [0.25, 0.3) is 0 Å². The van der Waals surface area contributed by atoms with E-state index in [2.05, 4.69) is 12.2 Å². The molecule has 0 bridgehead atoms. The molecule has 0 radical (unpaired) electrons. The van der Waals surface area contributed by atoms with Crippen molar-refractivity contribution in [2.45, 2.75) is 116 Å². The molecule has 0 aromatic heterocycles. The highest BCUT2D eigenvalue weighted by molar-refractivity contribution is 5.73. The molecule has 0 aliphatic carbocycles. The summed E-state index contributed by atoms with van der Waals surface area (Å²) in [6.07, 6.45) is 19.9. The topological polar surface area (TPSA) is 49.3 Å². The van der Waals surface area contributed by atoms with Crippen LogP contribution in [0, 0.1) is 0 Å². The van der Waals surface area contributed by atoms with Crippen molar-refractivity contribution in [3.05, 3.63) is 0 Å². The molecule has 0 heterocycles. The fourth-order valence-corrected chi connectivity index (χ4v) is 3.08. The molecule has 23 heavy (non-hydrogen) atoms. The number of rotatable bonds is 17. The van der Waals surface area contributed by atoms with Gasteiger partial charge in [-0.05, 0) is 6.42 Å². The molecular weight excluding hydrogens is 286 g/mol. The molecule has 3 heteroatoms. The van der Waals surface area contributed by atoms with Crippen molar-refractivity contribution in [2.24, 2.45) is 0 Å². The molecule has 0 aromatic carbocycles. The molecule has 0 saturated heterocycles. The Kier molecular flexibility index (Phi) is 17.3. The van der Waals surface area contributed by atoms with E-state index < -0.39 is 0 Å². The number of unbranched alkanes of at least 4 members (excludes halogenated alkanes) is 13. The second kappa shape index (κ2) is 17.8. The summed E-state index contributed by atoms with van der Waals surface area (Å²) in [5.74, 6) is -0.0468. The molecular formula is C20H41NO2. The van der Waals surface area contributed by atoms with Gasteiger partial charge < -0.3 is 10.4 Å². The third kappa shape index (κ3) is 17.6. The normalized spacial score (nSPS) is 12.3. The lowest BCUT2D eigenvalue weighted by molar-refractivity contribution is -0.120. The molecule has 0 aliphatic heterocycles. The molecule has 0 rings (SSSR count). The molecule has 3 nitrogen and oxygen atoms in total. The lowest BCUT2D eigenvalue weighted by atomic mass is 10.0. The Morgan fingerprint density at radius 1 is 0.783 bits per heavy atom. The van der Waals surface area contributed by atoms with Gasteiger partial charge in [0.2, 0.25) is 5.91 Å². The monoisotopic (exact) mass is 327 g/mol. The molecule has 0 saturated carbocycles. The lowest BCUT2D eigenvalue weighted by Gasteiger charge is -2.14. The number of carbonyl (C=O) groups is 1. The first kappa shape index (κ1) is 22.4. The summed E-state index contributed by atoms with van der Waals surface area (Å²) in [6, 6.07) is -0.0511. The van der Waals surface area contributed by atoms with Crippen molar-refractivity contribution in [1.82, 2.24) is 5.32 Å². The van der Waals surface area contributed by atoms with Crippen LogP contribution < -0.4 is 5.32 Å². The van der Waals surface area contributed by atoms with Gasteiger partial charge in [-0.15, -0.1) is 0 Å². The highest BCUT2D eigenvalue weighted by Gasteiger charge is 2.07. The van der Waals surface area contributed by atoms with Crippen molar-refractivity contribution in [3.63, 3.8) is 0 Å². The number of aliphatic hydroxyl groups is 1. The predicted octanol–water partition coefficient (Wildman–Crippen LogP) is 5.35. The molecule has 0 spiro atoms. The fourth-order valence-electron chi connectivity index (χ4n) is 3.08. The van der Waals surface area contributed by atoms with Crippen molar-refractivity contribution in [3.8, 4) is 0 Å². The van der Waals surface area contributed by atoms with Gasteiger partial charge in [0.25, 0.3) is 0 Å². The molecule has 0 aromatic rings. The van der Waals surface area contributed by atoms with E-state index in [0.29, 0.717) is 0 Å². The van der Waals surface area contributed by atoms with Gasteiger partial charge in [-0.3, -0.25) is 4.79 Å². The number of carbonyl (C=O) groups excluding carboxylic acids is 1. The average molecular weight is 328 g/mol. The Labute approximate surface area is 144 Å². The minimum absolute atomic E-state index is 0.0468. The van der Waals surface area contributed by atoms with E-state index in [-0.39, 0.29) is 18.6 Å². The second-order valence-corrected chi connectivity index (χ2v) is 6.96. The van der Waals surface area contributed by atoms with Gasteiger partial charge in [-0.2, -0.15) is 0 Å². The quantitative estimate of drug-likeness (QED) is 0.354. The summed E-state index contributed by atoms with van der Waals surface area (Å²) >= 11 is 0. The summed E-state index contributed by atoms with van der Waals surface area (Å²) in [7, 11) is 0. The molecule has 2 N–H and O–H groups in total. The molecule has 0 aliphatic rings. The van der Waals surface area contributed by atoms with Crippen LogP contribution in [0.15, 0.2) is 0 Å². The maximum atomic E-state index is 10.9. The first-order chi connectivity index (χ1) is 11.2.